The van der Waals surface area contributed by atoms with E-state index in [9.17, 15) is 16.8 Å². The van der Waals surface area contributed by atoms with Crippen molar-refractivity contribution in [2.24, 2.45) is 22.7 Å². The molecule has 22 heavy (non-hydrogen) atoms. The minimum Gasteiger partial charge on any atom is -0.270 e. The van der Waals surface area contributed by atoms with Crippen LogP contribution in [0.1, 0.15) is 27.7 Å². The summed E-state index contributed by atoms with van der Waals surface area (Å²) < 4.78 is 55.6. The van der Waals surface area contributed by atoms with Crippen molar-refractivity contribution in [3.8, 4) is 0 Å². The van der Waals surface area contributed by atoms with E-state index in [0.717, 1.165) is 12.5 Å². The lowest BCUT2D eigenvalue weighted by Crippen LogP contribution is -2.53. The molecule has 0 fully saturated rings. The first-order valence-electron chi connectivity index (χ1n) is 7.08. The van der Waals surface area contributed by atoms with Crippen molar-refractivity contribution < 1.29 is 25.2 Å². The van der Waals surface area contributed by atoms with Crippen LogP contribution in [0.15, 0.2) is 12.2 Å². The monoisotopic (exact) mass is 354 g/mol. The first-order chi connectivity index (χ1) is 9.71. The van der Waals surface area contributed by atoms with Crippen LogP contribution in [0.3, 0.4) is 0 Å². The van der Waals surface area contributed by atoms with Gasteiger partial charge >= 0.3 is 0 Å². The fraction of sp³-hybridized carbons (Fsp3) is 0.857. The van der Waals surface area contributed by atoms with Crippen molar-refractivity contribution in [1.82, 2.24) is 0 Å². The van der Waals surface area contributed by atoms with Gasteiger partial charge in [0.15, 0.2) is 0 Å². The van der Waals surface area contributed by atoms with Crippen molar-refractivity contribution >= 4 is 20.2 Å². The summed E-state index contributed by atoms with van der Waals surface area (Å²) in [5.74, 6) is 0.0252. The van der Waals surface area contributed by atoms with Crippen molar-refractivity contribution in [3.63, 3.8) is 0 Å². The largest absolute Gasteiger partial charge is 0.270 e. The fourth-order valence-corrected chi connectivity index (χ4v) is 3.77. The van der Waals surface area contributed by atoms with Crippen LogP contribution in [0.25, 0.3) is 0 Å². The molecule has 0 heterocycles. The van der Waals surface area contributed by atoms with E-state index in [1.54, 1.807) is 0 Å². The molecule has 0 aromatic heterocycles. The van der Waals surface area contributed by atoms with Gasteiger partial charge < -0.3 is 0 Å². The molecular weight excluding hydrogens is 328 g/mol. The summed E-state index contributed by atoms with van der Waals surface area (Å²) >= 11 is 0. The minimum absolute atomic E-state index is 0.0126. The Bertz CT molecular complexity index is 580. The van der Waals surface area contributed by atoms with Gasteiger partial charge in [0.25, 0.3) is 20.2 Å². The van der Waals surface area contributed by atoms with Crippen LogP contribution in [0.2, 0.25) is 0 Å². The van der Waals surface area contributed by atoms with Crippen LogP contribution in [0.4, 0.5) is 0 Å². The normalized spacial score (nSPS) is 36.5. The molecule has 0 unspecified atom stereocenters. The van der Waals surface area contributed by atoms with Crippen LogP contribution in [0.5, 0.6) is 0 Å². The third-order valence-electron chi connectivity index (χ3n) is 5.15. The highest BCUT2D eigenvalue weighted by molar-refractivity contribution is 7.86. The summed E-state index contributed by atoms with van der Waals surface area (Å²) in [4.78, 5) is 0. The summed E-state index contributed by atoms with van der Waals surface area (Å²) in [7, 11) is -7.16. The third kappa shape index (κ3) is 4.31. The molecule has 4 atom stereocenters. The molecule has 0 amide bonds. The second kappa shape index (κ2) is 6.22. The average molecular weight is 354 g/mol. The van der Waals surface area contributed by atoms with E-state index in [1.165, 1.54) is 0 Å². The smallest absolute Gasteiger partial charge is 0.264 e. The van der Waals surface area contributed by atoms with Gasteiger partial charge in [-0.25, -0.2) is 0 Å². The molecule has 0 bridgehead atoms. The molecule has 6 nitrogen and oxygen atoms in total. The van der Waals surface area contributed by atoms with E-state index in [2.05, 4.69) is 0 Å². The number of allylic oxidation sites excluding steroid dienone is 2. The number of rotatable bonds is 6. The summed E-state index contributed by atoms with van der Waals surface area (Å²) in [6.07, 6.45) is 6.04. The van der Waals surface area contributed by atoms with Crippen LogP contribution >= 0.6 is 0 Å². The highest BCUT2D eigenvalue weighted by Crippen LogP contribution is 2.54. The van der Waals surface area contributed by atoms with Crippen LogP contribution in [-0.4, -0.2) is 42.6 Å². The standard InChI is InChI=1S/C14H26O6S2/c1-11-7-8-12(2)14(4,10-20-22(6,17)18)13(11,3)9-19-21(5,15)16/h7-8,11-12H,9-10H2,1-6H3/t11-,12-,13-,14+/m1/s1. The van der Waals surface area contributed by atoms with Gasteiger partial charge in [-0.05, 0) is 11.8 Å². The van der Waals surface area contributed by atoms with Gasteiger partial charge in [0.05, 0.1) is 25.7 Å². The highest BCUT2D eigenvalue weighted by Gasteiger charge is 2.53. The molecule has 0 radical (unpaired) electrons. The summed E-state index contributed by atoms with van der Waals surface area (Å²) in [5, 5.41) is 0. The zero-order chi connectivity index (χ0) is 17.4. The second-order valence-corrected chi connectivity index (χ2v) is 10.0. The van der Waals surface area contributed by atoms with Gasteiger partial charge in [-0.1, -0.05) is 39.8 Å². The molecular formula is C14H26O6S2. The molecule has 8 heteroatoms. The van der Waals surface area contributed by atoms with Gasteiger partial charge in [0, 0.05) is 10.8 Å². The van der Waals surface area contributed by atoms with Crippen LogP contribution in [-0.2, 0) is 28.6 Å². The quantitative estimate of drug-likeness (QED) is 0.534. The molecule has 1 aliphatic rings. The Morgan fingerprint density at radius 1 is 0.818 bits per heavy atom. The average Bonchev–Trinajstić information content (AvgIpc) is 2.35. The molecule has 1 rings (SSSR count). The maximum absolute atomic E-state index is 11.4. The molecule has 1 aliphatic carbocycles. The van der Waals surface area contributed by atoms with Crippen molar-refractivity contribution in [1.29, 1.82) is 0 Å². The topological polar surface area (TPSA) is 86.7 Å². The Labute approximate surface area is 134 Å². The SMILES string of the molecule is C[C@@H]1C=C[C@@H](C)[C@@](C)(COS(C)(=O)=O)[C@@]1(C)COS(C)(=O)=O. The minimum atomic E-state index is -3.58. The van der Waals surface area contributed by atoms with Crippen LogP contribution in [0, 0.1) is 22.7 Å². The molecule has 0 spiro atoms. The van der Waals surface area contributed by atoms with E-state index in [0.29, 0.717) is 0 Å². The zero-order valence-corrected chi connectivity index (χ0v) is 15.6. The lowest BCUT2D eigenvalue weighted by atomic mass is 9.53. The van der Waals surface area contributed by atoms with Gasteiger partial charge in [0.1, 0.15) is 0 Å². The first kappa shape index (κ1) is 19.6. The molecule has 0 aromatic rings. The summed E-state index contributed by atoms with van der Waals surface area (Å²) in [5.41, 5.74) is -1.18. The Morgan fingerprint density at radius 3 is 1.32 bits per heavy atom. The maximum Gasteiger partial charge on any atom is 0.264 e. The van der Waals surface area contributed by atoms with Gasteiger partial charge in [0.2, 0.25) is 0 Å². The van der Waals surface area contributed by atoms with E-state index in [4.69, 9.17) is 8.37 Å². The molecule has 0 saturated carbocycles. The lowest BCUT2D eigenvalue weighted by Gasteiger charge is -2.53. The Kier molecular flexibility index (Phi) is 5.54. The van der Waals surface area contributed by atoms with Crippen molar-refractivity contribution in [3.05, 3.63) is 12.2 Å². The molecule has 0 saturated heterocycles. The Balaban J connectivity index is 3.18. The number of hydrogen-bond acceptors (Lipinski definition) is 6. The van der Waals surface area contributed by atoms with Crippen LogP contribution < -0.4 is 0 Å². The van der Waals surface area contributed by atoms with Gasteiger partial charge in [-0.15, -0.1) is 0 Å². The van der Waals surface area contributed by atoms with E-state index < -0.39 is 31.1 Å². The molecule has 0 aliphatic heterocycles. The predicted octanol–water partition coefficient (Wildman–Crippen LogP) is 1.79. The Morgan fingerprint density at radius 2 is 1.09 bits per heavy atom. The van der Waals surface area contributed by atoms with Crippen molar-refractivity contribution in [2.75, 3.05) is 25.7 Å². The maximum atomic E-state index is 11.4. The highest BCUT2D eigenvalue weighted by atomic mass is 32.2. The number of hydrogen-bond donors (Lipinski definition) is 0. The summed E-state index contributed by atoms with van der Waals surface area (Å²) in [6.45, 7) is 7.71. The Hall–Kier alpha value is -0.440. The third-order valence-corrected chi connectivity index (χ3v) is 6.24. The fourth-order valence-electron chi connectivity index (χ4n) is 2.85. The second-order valence-electron chi connectivity index (χ2n) is 6.73. The van der Waals surface area contributed by atoms with Gasteiger partial charge in [-0.3, -0.25) is 8.37 Å². The first-order valence-corrected chi connectivity index (χ1v) is 10.7. The predicted molar refractivity (Wildman–Crippen MR) is 85.3 cm³/mol. The van der Waals surface area contributed by atoms with E-state index in [-0.39, 0.29) is 25.0 Å². The van der Waals surface area contributed by atoms with Gasteiger partial charge in [-0.2, -0.15) is 16.8 Å². The molecule has 130 valence electrons. The zero-order valence-electron chi connectivity index (χ0n) is 14.0. The molecule has 0 aromatic carbocycles. The lowest BCUT2D eigenvalue weighted by molar-refractivity contribution is -0.0707. The van der Waals surface area contributed by atoms with E-state index in [1.807, 2.05) is 39.8 Å². The van der Waals surface area contributed by atoms with E-state index >= 15 is 0 Å². The molecule has 0 N–H and O–H groups in total. The van der Waals surface area contributed by atoms with Crippen molar-refractivity contribution in [2.45, 2.75) is 27.7 Å². The summed E-state index contributed by atoms with van der Waals surface area (Å²) in [6, 6.07) is 0.